The van der Waals surface area contributed by atoms with E-state index >= 15 is 0 Å². The van der Waals surface area contributed by atoms with Crippen LogP contribution in [0.4, 0.5) is 0 Å². The maximum atomic E-state index is 12.5. The Labute approximate surface area is 125 Å². The summed E-state index contributed by atoms with van der Waals surface area (Å²) in [6, 6.07) is 0.171. The van der Waals surface area contributed by atoms with Crippen molar-refractivity contribution in [3.8, 4) is 0 Å². The highest BCUT2D eigenvalue weighted by Crippen LogP contribution is 2.21. The van der Waals surface area contributed by atoms with Gasteiger partial charge in [0.1, 0.15) is 5.69 Å². The molecule has 5 heteroatoms. The van der Waals surface area contributed by atoms with E-state index in [1.54, 1.807) is 6.92 Å². The van der Waals surface area contributed by atoms with E-state index in [0.717, 1.165) is 50.0 Å². The summed E-state index contributed by atoms with van der Waals surface area (Å²) in [4.78, 5) is 27.5. The third-order valence-electron chi connectivity index (χ3n) is 4.00. The number of amides is 1. The van der Waals surface area contributed by atoms with E-state index < -0.39 is 0 Å². The number of H-pyrrole nitrogens is 1. The van der Waals surface area contributed by atoms with E-state index in [2.05, 4.69) is 22.5 Å². The molecule has 1 atom stereocenters. The number of hydrogen-bond donors (Lipinski definition) is 3. The van der Waals surface area contributed by atoms with E-state index in [9.17, 15) is 9.59 Å². The lowest BCUT2D eigenvalue weighted by Gasteiger charge is -2.23. The number of hydrogen-bond acceptors (Lipinski definition) is 3. The largest absolute Gasteiger partial charge is 0.354 e. The number of nitrogens with one attached hydrogen (secondary N) is 3. The van der Waals surface area contributed by atoms with Gasteiger partial charge in [-0.25, -0.2) is 0 Å². The Morgan fingerprint density at radius 2 is 2.14 bits per heavy atom. The van der Waals surface area contributed by atoms with E-state index in [4.69, 9.17) is 0 Å². The zero-order valence-electron chi connectivity index (χ0n) is 13.1. The van der Waals surface area contributed by atoms with Crippen molar-refractivity contribution >= 4 is 11.7 Å². The van der Waals surface area contributed by atoms with Crippen molar-refractivity contribution in [3.63, 3.8) is 0 Å². The van der Waals surface area contributed by atoms with Crippen LogP contribution in [0.2, 0.25) is 0 Å². The molecule has 0 aliphatic carbocycles. The molecule has 1 fully saturated rings. The van der Waals surface area contributed by atoms with E-state index in [-0.39, 0.29) is 17.7 Å². The topological polar surface area (TPSA) is 74.0 Å². The first-order valence-electron chi connectivity index (χ1n) is 7.78. The molecule has 2 heterocycles. The van der Waals surface area contributed by atoms with Gasteiger partial charge in [-0.2, -0.15) is 0 Å². The van der Waals surface area contributed by atoms with E-state index in [1.165, 1.54) is 0 Å². The van der Waals surface area contributed by atoms with Crippen LogP contribution in [0.5, 0.6) is 0 Å². The molecule has 5 nitrogen and oxygen atoms in total. The number of rotatable bonds is 5. The predicted octanol–water partition coefficient (Wildman–Crippen LogP) is 1.96. The third kappa shape index (κ3) is 3.53. The SMILES string of the molecule is CCCc1c(C(=O)NC2CCCNC2)[nH]c(C)c1C(C)=O. The Morgan fingerprint density at radius 1 is 1.38 bits per heavy atom. The van der Waals surface area contributed by atoms with Gasteiger partial charge < -0.3 is 15.6 Å². The molecule has 1 aliphatic heterocycles. The lowest BCUT2D eigenvalue weighted by Crippen LogP contribution is -2.45. The monoisotopic (exact) mass is 291 g/mol. The number of aromatic amines is 1. The molecule has 1 unspecified atom stereocenters. The minimum atomic E-state index is -0.0947. The predicted molar refractivity (Wildman–Crippen MR) is 82.9 cm³/mol. The van der Waals surface area contributed by atoms with Crippen LogP contribution in [0.15, 0.2) is 0 Å². The molecule has 0 bridgehead atoms. The van der Waals surface area contributed by atoms with Crippen LogP contribution >= 0.6 is 0 Å². The normalized spacial score (nSPS) is 18.5. The molecule has 1 aromatic heterocycles. The van der Waals surface area contributed by atoms with Crippen molar-refractivity contribution in [3.05, 3.63) is 22.5 Å². The average molecular weight is 291 g/mol. The summed E-state index contributed by atoms with van der Waals surface area (Å²) in [7, 11) is 0. The van der Waals surface area contributed by atoms with E-state index in [1.807, 2.05) is 6.92 Å². The van der Waals surface area contributed by atoms with Gasteiger partial charge in [0.05, 0.1) is 0 Å². The van der Waals surface area contributed by atoms with Crippen molar-refractivity contribution in [2.24, 2.45) is 0 Å². The van der Waals surface area contributed by atoms with Crippen molar-refractivity contribution in [2.45, 2.75) is 52.5 Å². The van der Waals surface area contributed by atoms with Gasteiger partial charge in [-0.15, -0.1) is 0 Å². The Kier molecular flexibility index (Phi) is 5.17. The van der Waals surface area contributed by atoms with Crippen LogP contribution in [-0.2, 0) is 6.42 Å². The summed E-state index contributed by atoms with van der Waals surface area (Å²) in [5, 5.41) is 6.36. The standard InChI is InChI=1S/C16H25N3O2/c1-4-6-13-14(11(3)20)10(2)18-15(13)16(21)19-12-7-5-8-17-9-12/h12,17-18H,4-9H2,1-3H3,(H,19,21). The first kappa shape index (κ1) is 15.8. The molecule has 1 aromatic rings. The van der Waals surface area contributed by atoms with Crippen molar-refractivity contribution < 1.29 is 9.59 Å². The number of ketones is 1. The quantitative estimate of drug-likeness (QED) is 0.726. The highest BCUT2D eigenvalue weighted by atomic mass is 16.2. The highest BCUT2D eigenvalue weighted by Gasteiger charge is 2.24. The molecule has 0 spiro atoms. The van der Waals surface area contributed by atoms with Gasteiger partial charge in [0.15, 0.2) is 5.78 Å². The number of Topliss-reactive ketones (excluding diaryl/α,β-unsaturated/α-hetero) is 1. The second-order valence-corrected chi connectivity index (χ2v) is 5.80. The molecule has 0 aromatic carbocycles. The average Bonchev–Trinajstić information content (AvgIpc) is 2.77. The third-order valence-corrected chi connectivity index (χ3v) is 4.00. The Balaban J connectivity index is 2.23. The molecule has 1 aliphatic rings. The Hall–Kier alpha value is -1.62. The van der Waals surface area contributed by atoms with Gasteiger partial charge in [-0.1, -0.05) is 13.3 Å². The summed E-state index contributed by atoms with van der Waals surface area (Å²) in [6.45, 7) is 7.30. The fraction of sp³-hybridized carbons (Fsp3) is 0.625. The van der Waals surface area contributed by atoms with Gasteiger partial charge in [-0.05, 0) is 45.2 Å². The summed E-state index contributed by atoms with van der Waals surface area (Å²) in [6.07, 6.45) is 3.73. The summed E-state index contributed by atoms with van der Waals surface area (Å²) in [5.74, 6) is -0.0756. The van der Waals surface area contributed by atoms with E-state index in [0.29, 0.717) is 11.3 Å². The second-order valence-electron chi connectivity index (χ2n) is 5.80. The molecule has 2 rings (SSSR count). The highest BCUT2D eigenvalue weighted by molar-refractivity contribution is 6.02. The summed E-state index contributed by atoms with van der Waals surface area (Å²) >= 11 is 0. The van der Waals surface area contributed by atoms with Crippen LogP contribution in [-0.4, -0.2) is 35.8 Å². The number of piperidine rings is 1. The molecule has 0 radical (unpaired) electrons. The molecule has 0 saturated carbocycles. The molecular formula is C16H25N3O2. The molecule has 3 N–H and O–H groups in total. The number of carbonyl (C=O) groups is 2. The maximum absolute atomic E-state index is 12.5. The first-order valence-corrected chi connectivity index (χ1v) is 7.78. The fourth-order valence-corrected chi connectivity index (χ4v) is 3.08. The Bertz CT molecular complexity index is 528. The Morgan fingerprint density at radius 3 is 2.71 bits per heavy atom. The van der Waals surface area contributed by atoms with Crippen molar-refractivity contribution in [2.75, 3.05) is 13.1 Å². The molecular weight excluding hydrogens is 266 g/mol. The zero-order chi connectivity index (χ0) is 15.4. The van der Waals surface area contributed by atoms with Gasteiger partial charge in [0.25, 0.3) is 5.91 Å². The molecule has 116 valence electrons. The first-order chi connectivity index (χ1) is 10.0. The molecule has 1 amide bonds. The van der Waals surface area contributed by atoms with Crippen molar-refractivity contribution in [1.29, 1.82) is 0 Å². The van der Waals surface area contributed by atoms with Crippen LogP contribution < -0.4 is 10.6 Å². The van der Waals surface area contributed by atoms with Gasteiger partial charge in [-0.3, -0.25) is 9.59 Å². The number of aryl methyl sites for hydroxylation is 1. The summed E-state index contributed by atoms with van der Waals surface area (Å²) in [5.41, 5.74) is 2.90. The second kappa shape index (κ2) is 6.89. The van der Waals surface area contributed by atoms with Crippen LogP contribution in [0.3, 0.4) is 0 Å². The lowest BCUT2D eigenvalue weighted by molar-refractivity contribution is 0.0925. The fourth-order valence-electron chi connectivity index (χ4n) is 3.08. The zero-order valence-corrected chi connectivity index (χ0v) is 13.1. The minimum Gasteiger partial charge on any atom is -0.354 e. The van der Waals surface area contributed by atoms with Gasteiger partial charge in [0.2, 0.25) is 0 Å². The molecule has 1 saturated heterocycles. The van der Waals surface area contributed by atoms with Crippen molar-refractivity contribution in [1.82, 2.24) is 15.6 Å². The maximum Gasteiger partial charge on any atom is 0.268 e. The number of carbonyl (C=O) groups excluding carboxylic acids is 2. The van der Waals surface area contributed by atoms with Crippen LogP contribution in [0.1, 0.15) is 65.2 Å². The number of aromatic nitrogens is 1. The van der Waals surface area contributed by atoms with Crippen LogP contribution in [0.25, 0.3) is 0 Å². The van der Waals surface area contributed by atoms with Gasteiger partial charge >= 0.3 is 0 Å². The van der Waals surface area contributed by atoms with Crippen LogP contribution in [0, 0.1) is 6.92 Å². The summed E-state index contributed by atoms with van der Waals surface area (Å²) < 4.78 is 0. The minimum absolute atomic E-state index is 0.0191. The molecule has 21 heavy (non-hydrogen) atoms. The van der Waals surface area contributed by atoms with Gasteiger partial charge in [0, 0.05) is 23.8 Å². The lowest BCUT2D eigenvalue weighted by atomic mass is 10.0. The smallest absolute Gasteiger partial charge is 0.268 e.